The number of hydrogen-bond donors (Lipinski definition) is 1. The quantitative estimate of drug-likeness (QED) is 0.818. The number of benzene rings is 2. The molecule has 28 heavy (non-hydrogen) atoms. The molecule has 2 aromatic rings. The molecule has 1 aliphatic heterocycles. The van der Waals surface area contributed by atoms with E-state index in [1.54, 1.807) is 25.3 Å². The van der Waals surface area contributed by atoms with Crippen LogP contribution in [-0.4, -0.2) is 50.1 Å². The number of amides is 1. The fourth-order valence-electron chi connectivity index (χ4n) is 3.35. The first-order valence-corrected chi connectivity index (χ1v) is 9.66. The zero-order chi connectivity index (χ0) is 20.3. The van der Waals surface area contributed by atoms with Crippen LogP contribution in [0.4, 0.5) is 15.8 Å². The number of hydrogen-bond acceptors (Lipinski definition) is 4. The molecule has 0 aromatic heterocycles. The van der Waals surface area contributed by atoms with Gasteiger partial charge in [0.2, 0.25) is 5.91 Å². The van der Waals surface area contributed by atoms with Gasteiger partial charge >= 0.3 is 0 Å². The van der Waals surface area contributed by atoms with Gasteiger partial charge in [-0.2, -0.15) is 0 Å². The predicted molar refractivity (Wildman–Crippen MR) is 111 cm³/mol. The number of halogens is 2. The summed E-state index contributed by atoms with van der Waals surface area (Å²) in [5.41, 5.74) is 2.49. The average Bonchev–Trinajstić information content (AvgIpc) is 2.70. The molecule has 0 spiro atoms. The van der Waals surface area contributed by atoms with E-state index >= 15 is 0 Å². The summed E-state index contributed by atoms with van der Waals surface area (Å²) in [5.74, 6) is 0.216. The molecule has 0 unspecified atom stereocenters. The van der Waals surface area contributed by atoms with Crippen molar-refractivity contribution < 1.29 is 13.9 Å². The number of ether oxygens (including phenoxy) is 1. The van der Waals surface area contributed by atoms with Crippen LogP contribution in [0.25, 0.3) is 0 Å². The molecule has 1 N–H and O–H groups in total. The van der Waals surface area contributed by atoms with Crippen LogP contribution in [0.2, 0.25) is 5.02 Å². The van der Waals surface area contributed by atoms with Gasteiger partial charge in [-0.1, -0.05) is 11.6 Å². The molecule has 150 valence electrons. The summed E-state index contributed by atoms with van der Waals surface area (Å²) < 4.78 is 18.4. The van der Waals surface area contributed by atoms with Crippen molar-refractivity contribution in [3.05, 3.63) is 52.8 Å². The van der Waals surface area contributed by atoms with Gasteiger partial charge in [0.15, 0.2) is 0 Å². The molecule has 1 atom stereocenters. The summed E-state index contributed by atoms with van der Waals surface area (Å²) in [6, 6.07) is 9.76. The SMILES string of the molecule is COc1cc(Cl)c(C)cc1NC(=O)[C@@H](C)N1CCN(c2ccc(F)cc2)CC1. The summed E-state index contributed by atoms with van der Waals surface area (Å²) in [7, 11) is 1.55. The molecular formula is C21H25ClFN3O2. The number of nitrogens with zero attached hydrogens (tertiary/aromatic N) is 2. The normalized spacial score (nSPS) is 16.0. The van der Waals surface area contributed by atoms with Crippen LogP contribution in [0.3, 0.4) is 0 Å². The topological polar surface area (TPSA) is 44.8 Å². The van der Waals surface area contributed by atoms with E-state index in [1.807, 2.05) is 19.9 Å². The molecule has 0 bridgehead atoms. The second kappa shape index (κ2) is 8.80. The Kier molecular flexibility index (Phi) is 6.42. The van der Waals surface area contributed by atoms with Crippen LogP contribution in [-0.2, 0) is 4.79 Å². The van der Waals surface area contributed by atoms with Crippen molar-refractivity contribution in [3.63, 3.8) is 0 Å². The van der Waals surface area contributed by atoms with Crippen LogP contribution in [0.1, 0.15) is 12.5 Å². The van der Waals surface area contributed by atoms with Gasteiger partial charge in [0.05, 0.1) is 18.8 Å². The van der Waals surface area contributed by atoms with E-state index in [-0.39, 0.29) is 17.8 Å². The lowest BCUT2D eigenvalue weighted by Crippen LogP contribution is -2.52. The van der Waals surface area contributed by atoms with E-state index in [4.69, 9.17) is 16.3 Å². The largest absolute Gasteiger partial charge is 0.495 e. The Balaban J connectivity index is 1.60. The third-order valence-corrected chi connectivity index (χ3v) is 5.58. The number of carbonyl (C=O) groups excluding carboxylic acids is 1. The average molecular weight is 406 g/mol. The molecule has 0 radical (unpaired) electrons. The van der Waals surface area contributed by atoms with Crippen LogP contribution in [0.15, 0.2) is 36.4 Å². The van der Waals surface area contributed by atoms with E-state index in [2.05, 4.69) is 15.1 Å². The Hall–Kier alpha value is -2.31. The molecule has 3 rings (SSSR count). The summed E-state index contributed by atoms with van der Waals surface area (Å²) in [4.78, 5) is 17.1. The number of carbonyl (C=O) groups is 1. The number of methoxy groups -OCH3 is 1. The molecular weight excluding hydrogens is 381 g/mol. The van der Waals surface area contributed by atoms with E-state index < -0.39 is 0 Å². The van der Waals surface area contributed by atoms with Crippen molar-refractivity contribution >= 4 is 28.9 Å². The van der Waals surface area contributed by atoms with Gasteiger partial charge in [0, 0.05) is 43.0 Å². The molecule has 1 fully saturated rings. The van der Waals surface area contributed by atoms with Crippen LogP contribution in [0.5, 0.6) is 5.75 Å². The van der Waals surface area contributed by atoms with Crippen molar-refractivity contribution in [3.8, 4) is 5.75 Å². The lowest BCUT2D eigenvalue weighted by atomic mass is 10.1. The molecule has 7 heteroatoms. The van der Waals surface area contributed by atoms with E-state index in [0.717, 1.165) is 37.4 Å². The van der Waals surface area contributed by atoms with Gasteiger partial charge in [-0.25, -0.2) is 4.39 Å². The second-order valence-electron chi connectivity index (χ2n) is 6.97. The summed E-state index contributed by atoms with van der Waals surface area (Å²) in [6.07, 6.45) is 0. The monoisotopic (exact) mass is 405 g/mol. The second-order valence-corrected chi connectivity index (χ2v) is 7.37. The maximum absolute atomic E-state index is 13.1. The summed E-state index contributed by atoms with van der Waals surface area (Å²) >= 11 is 6.13. The molecule has 1 heterocycles. The zero-order valence-electron chi connectivity index (χ0n) is 16.3. The first-order chi connectivity index (χ1) is 13.4. The molecule has 5 nitrogen and oxygen atoms in total. The lowest BCUT2D eigenvalue weighted by Gasteiger charge is -2.38. The van der Waals surface area contributed by atoms with Crippen LogP contribution in [0, 0.1) is 12.7 Å². The van der Waals surface area contributed by atoms with E-state index in [9.17, 15) is 9.18 Å². The van der Waals surface area contributed by atoms with Crippen molar-refractivity contribution in [2.24, 2.45) is 0 Å². The van der Waals surface area contributed by atoms with E-state index in [0.29, 0.717) is 16.5 Å². The fraction of sp³-hybridized carbons (Fsp3) is 0.381. The van der Waals surface area contributed by atoms with Crippen molar-refractivity contribution in [1.82, 2.24) is 4.90 Å². The van der Waals surface area contributed by atoms with Crippen LogP contribution < -0.4 is 15.0 Å². The highest BCUT2D eigenvalue weighted by Crippen LogP contribution is 2.31. The molecule has 0 saturated carbocycles. The number of rotatable bonds is 5. The van der Waals surface area contributed by atoms with Gasteiger partial charge in [-0.3, -0.25) is 9.69 Å². The van der Waals surface area contributed by atoms with Gasteiger partial charge in [0.1, 0.15) is 11.6 Å². The standard InChI is InChI=1S/C21H25ClFN3O2/c1-14-12-19(20(28-3)13-18(14)22)24-21(27)15(2)25-8-10-26(11-9-25)17-6-4-16(23)5-7-17/h4-7,12-13,15H,8-11H2,1-3H3,(H,24,27)/t15-/m1/s1. The maximum Gasteiger partial charge on any atom is 0.241 e. The number of nitrogens with one attached hydrogen (secondary N) is 1. The molecule has 0 aliphatic carbocycles. The van der Waals surface area contributed by atoms with Crippen molar-refractivity contribution in [2.45, 2.75) is 19.9 Å². The molecule has 1 saturated heterocycles. The van der Waals surface area contributed by atoms with Gasteiger partial charge in [0.25, 0.3) is 0 Å². The smallest absolute Gasteiger partial charge is 0.241 e. The third-order valence-electron chi connectivity index (χ3n) is 5.17. The number of piperazine rings is 1. The number of anilines is 2. The Morgan fingerprint density at radius 3 is 2.43 bits per heavy atom. The third kappa shape index (κ3) is 4.56. The lowest BCUT2D eigenvalue weighted by molar-refractivity contribution is -0.120. The Bertz CT molecular complexity index is 836. The zero-order valence-corrected chi connectivity index (χ0v) is 17.1. The Morgan fingerprint density at radius 2 is 1.82 bits per heavy atom. The number of aryl methyl sites for hydroxylation is 1. The molecule has 1 aliphatic rings. The summed E-state index contributed by atoms with van der Waals surface area (Å²) in [6.45, 7) is 6.86. The minimum absolute atomic E-state index is 0.0877. The first kappa shape index (κ1) is 20.4. The van der Waals surface area contributed by atoms with Crippen molar-refractivity contribution in [1.29, 1.82) is 0 Å². The minimum atomic E-state index is -0.281. The minimum Gasteiger partial charge on any atom is -0.495 e. The fourth-order valence-corrected chi connectivity index (χ4v) is 3.51. The van der Waals surface area contributed by atoms with Gasteiger partial charge < -0.3 is 15.0 Å². The van der Waals surface area contributed by atoms with Crippen molar-refractivity contribution in [2.75, 3.05) is 43.5 Å². The van der Waals surface area contributed by atoms with Crippen LogP contribution >= 0.6 is 11.6 Å². The Morgan fingerprint density at radius 1 is 1.18 bits per heavy atom. The molecule has 2 aromatic carbocycles. The predicted octanol–water partition coefficient (Wildman–Crippen LogP) is 3.95. The van der Waals surface area contributed by atoms with E-state index in [1.165, 1.54) is 12.1 Å². The first-order valence-electron chi connectivity index (χ1n) is 9.28. The highest BCUT2D eigenvalue weighted by Gasteiger charge is 2.26. The highest BCUT2D eigenvalue weighted by atomic mass is 35.5. The van der Waals surface area contributed by atoms with Gasteiger partial charge in [-0.15, -0.1) is 0 Å². The summed E-state index contributed by atoms with van der Waals surface area (Å²) in [5, 5.41) is 3.55. The van der Waals surface area contributed by atoms with Gasteiger partial charge in [-0.05, 0) is 49.7 Å². The highest BCUT2D eigenvalue weighted by molar-refractivity contribution is 6.31. The molecule has 1 amide bonds. The maximum atomic E-state index is 13.1. The Labute approximate surface area is 170 Å².